The monoisotopic (exact) mass is 271 g/mol. The van der Waals surface area contributed by atoms with Crippen molar-refractivity contribution >= 4 is 17.6 Å². The van der Waals surface area contributed by atoms with E-state index in [9.17, 15) is 4.79 Å². The van der Waals surface area contributed by atoms with Crippen molar-refractivity contribution in [1.29, 1.82) is 0 Å². The Balaban J connectivity index is 1.91. The van der Waals surface area contributed by atoms with Crippen LogP contribution in [-0.4, -0.2) is 34.9 Å². The Kier molecular flexibility index (Phi) is 4.24. The Hall–Kier alpha value is -1.07. The average molecular weight is 272 g/mol. The van der Waals surface area contributed by atoms with Crippen LogP contribution in [0, 0.1) is 6.92 Å². The fraction of sp³-hybridized carbons (Fsp3) is 0.667. The second-order valence-corrected chi connectivity index (χ2v) is 5.01. The molecule has 1 aliphatic rings. The van der Waals surface area contributed by atoms with Gasteiger partial charge in [0, 0.05) is 12.6 Å². The minimum atomic E-state index is -0.259. The van der Waals surface area contributed by atoms with E-state index in [1.165, 1.54) is 7.11 Å². The molecule has 18 heavy (non-hydrogen) atoms. The smallest absolute Gasteiger partial charge is 0.322 e. The number of nitrogens with one attached hydrogen (secondary N) is 1. The molecule has 0 spiro atoms. The van der Waals surface area contributed by atoms with Gasteiger partial charge >= 0.3 is 5.97 Å². The summed E-state index contributed by atoms with van der Waals surface area (Å²) in [7, 11) is 1.42. The lowest BCUT2D eigenvalue weighted by Gasteiger charge is -2.16. The van der Waals surface area contributed by atoms with Crippen LogP contribution in [0.1, 0.15) is 25.0 Å². The van der Waals surface area contributed by atoms with E-state index in [0.717, 1.165) is 18.5 Å². The highest BCUT2D eigenvalue weighted by Gasteiger charge is 2.28. The molecule has 0 aromatic carbocycles. The van der Waals surface area contributed by atoms with Gasteiger partial charge in [-0.3, -0.25) is 9.48 Å². The molecule has 0 saturated heterocycles. The Morgan fingerprint density at radius 1 is 1.72 bits per heavy atom. The molecule has 1 saturated carbocycles. The van der Waals surface area contributed by atoms with Crippen molar-refractivity contribution in [3.63, 3.8) is 0 Å². The molecule has 1 atom stereocenters. The highest BCUT2D eigenvalue weighted by Crippen LogP contribution is 2.21. The molecule has 0 bridgehead atoms. The molecule has 1 heterocycles. The highest BCUT2D eigenvalue weighted by atomic mass is 35.5. The lowest BCUT2D eigenvalue weighted by molar-refractivity contribution is -0.143. The number of hydrogen-bond acceptors (Lipinski definition) is 4. The van der Waals surface area contributed by atoms with E-state index in [2.05, 4.69) is 10.4 Å². The number of ether oxygens (including phenoxy) is 1. The molecule has 100 valence electrons. The largest absolute Gasteiger partial charge is 0.468 e. The summed E-state index contributed by atoms with van der Waals surface area (Å²) in [5, 5.41) is 8.11. The van der Waals surface area contributed by atoms with E-state index in [-0.39, 0.29) is 12.0 Å². The number of nitrogens with zero attached hydrogens (tertiary/aromatic N) is 2. The van der Waals surface area contributed by atoms with Gasteiger partial charge < -0.3 is 10.1 Å². The second kappa shape index (κ2) is 5.71. The van der Waals surface area contributed by atoms with Crippen LogP contribution >= 0.6 is 11.6 Å². The maximum atomic E-state index is 11.6. The minimum absolute atomic E-state index is 0.210. The Bertz CT molecular complexity index is 429. The van der Waals surface area contributed by atoms with Gasteiger partial charge in [-0.15, -0.1) is 0 Å². The molecule has 1 fully saturated rings. The predicted molar refractivity (Wildman–Crippen MR) is 68.6 cm³/mol. The van der Waals surface area contributed by atoms with Crippen LogP contribution < -0.4 is 5.32 Å². The third-order valence-electron chi connectivity index (χ3n) is 3.17. The molecule has 1 aliphatic carbocycles. The van der Waals surface area contributed by atoms with Crippen LogP contribution in [0.2, 0.25) is 5.02 Å². The zero-order chi connectivity index (χ0) is 13.1. The van der Waals surface area contributed by atoms with Crippen molar-refractivity contribution in [3.8, 4) is 0 Å². The van der Waals surface area contributed by atoms with Crippen molar-refractivity contribution in [2.45, 2.75) is 44.8 Å². The van der Waals surface area contributed by atoms with E-state index >= 15 is 0 Å². The summed E-state index contributed by atoms with van der Waals surface area (Å²) in [6.07, 6.45) is 4.56. The fourth-order valence-electron chi connectivity index (χ4n) is 1.85. The molecule has 0 aliphatic heterocycles. The maximum Gasteiger partial charge on any atom is 0.322 e. The maximum absolute atomic E-state index is 11.6. The number of halogens is 1. The van der Waals surface area contributed by atoms with Gasteiger partial charge in [0.1, 0.15) is 6.04 Å². The van der Waals surface area contributed by atoms with E-state index in [4.69, 9.17) is 16.3 Å². The minimum Gasteiger partial charge on any atom is -0.468 e. The second-order valence-electron chi connectivity index (χ2n) is 4.61. The quantitative estimate of drug-likeness (QED) is 0.797. The van der Waals surface area contributed by atoms with Gasteiger partial charge in [0.2, 0.25) is 0 Å². The summed E-state index contributed by atoms with van der Waals surface area (Å²) in [6, 6.07) is 0.210. The molecule has 6 heteroatoms. The van der Waals surface area contributed by atoms with Gasteiger partial charge in [-0.25, -0.2) is 0 Å². The molecule has 2 rings (SSSR count). The Morgan fingerprint density at radius 2 is 2.44 bits per heavy atom. The first-order valence-electron chi connectivity index (χ1n) is 6.13. The topological polar surface area (TPSA) is 56.2 Å². The molecular formula is C12H18ClN3O2. The van der Waals surface area contributed by atoms with Gasteiger partial charge in [-0.1, -0.05) is 11.6 Å². The van der Waals surface area contributed by atoms with Crippen LogP contribution in [0.3, 0.4) is 0 Å². The van der Waals surface area contributed by atoms with Gasteiger partial charge in [-0.05, 0) is 26.2 Å². The van der Waals surface area contributed by atoms with Crippen LogP contribution in [-0.2, 0) is 16.1 Å². The van der Waals surface area contributed by atoms with Crippen molar-refractivity contribution in [2.75, 3.05) is 7.11 Å². The van der Waals surface area contributed by atoms with Crippen LogP contribution in [0.4, 0.5) is 0 Å². The fourth-order valence-corrected chi connectivity index (χ4v) is 1.99. The molecule has 1 aromatic rings. The Labute approximate surface area is 111 Å². The Morgan fingerprint density at radius 3 is 2.94 bits per heavy atom. The normalized spacial score (nSPS) is 16.6. The molecule has 0 radical (unpaired) electrons. The van der Waals surface area contributed by atoms with Gasteiger partial charge in [0.15, 0.2) is 0 Å². The van der Waals surface area contributed by atoms with E-state index < -0.39 is 0 Å². The third-order valence-corrected chi connectivity index (χ3v) is 3.54. The van der Waals surface area contributed by atoms with Gasteiger partial charge in [0.25, 0.3) is 0 Å². The summed E-state index contributed by atoms with van der Waals surface area (Å²) >= 11 is 5.94. The number of esters is 1. The zero-order valence-corrected chi connectivity index (χ0v) is 11.4. The molecular weight excluding hydrogens is 254 g/mol. The number of aryl methyl sites for hydroxylation is 1. The lowest BCUT2D eigenvalue weighted by atomic mass is 10.2. The van der Waals surface area contributed by atoms with Gasteiger partial charge in [-0.2, -0.15) is 5.10 Å². The molecule has 1 aromatic heterocycles. The highest BCUT2D eigenvalue weighted by molar-refractivity contribution is 6.31. The van der Waals surface area contributed by atoms with E-state index in [1.54, 1.807) is 6.20 Å². The number of methoxy groups -OCH3 is 1. The molecule has 0 amide bonds. The number of hydrogen-bond donors (Lipinski definition) is 1. The van der Waals surface area contributed by atoms with Crippen molar-refractivity contribution in [1.82, 2.24) is 15.1 Å². The summed E-state index contributed by atoms with van der Waals surface area (Å²) in [5.74, 6) is -0.210. The van der Waals surface area contributed by atoms with E-state index in [1.807, 2.05) is 11.6 Å². The summed E-state index contributed by atoms with van der Waals surface area (Å²) in [5.41, 5.74) is 0.923. The first-order chi connectivity index (χ1) is 8.61. The molecule has 1 N–H and O–H groups in total. The average Bonchev–Trinajstić information content (AvgIpc) is 3.13. The number of carbonyl (C=O) groups excluding carboxylic acids is 1. The number of aromatic nitrogens is 2. The third kappa shape index (κ3) is 3.23. The van der Waals surface area contributed by atoms with Crippen molar-refractivity contribution < 1.29 is 9.53 Å². The van der Waals surface area contributed by atoms with Crippen molar-refractivity contribution in [3.05, 3.63) is 16.9 Å². The first-order valence-corrected chi connectivity index (χ1v) is 6.51. The molecule has 5 nitrogen and oxygen atoms in total. The lowest BCUT2D eigenvalue weighted by Crippen LogP contribution is -2.39. The van der Waals surface area contributed by atoms with Crippen molar-refractivity contribution in [2.24, 2.45) is 0 Å². The summed E-state index contributed by atoms with van der Waals surface area (Å²) in [6.45, 7) is 2.56. The summed E-state index contributed by atoms with van der Waals surface area (Å²) in [4.78, 5) is 11.6. The predicted octanol–water partition coefficient (Wildman–Crippen LogP) is 1.53. The number of rotatable bonds is 6. The van der Waals surface area contributed by atoms with Crippen LogP contribution in [0.15, 0.2) is 6.20 Å². The van der Waals surface area contributed by atoms with Crippen LogP contribution in [0.25, 0.3) is 0 Å². The standard InChI is InChI=1S/C12H18ClN3O2/c1-8-10(13)7-14-16(8)6-5-11(12(17)18-2)15-9-3-4-9/h7,9,11,15H,3-6H2,1-2H3. The number of carbonyl (C=O) groups is 1. The SMILES string of the molecule is COC(=O)C(CCn1ncc(Cl)c1C)NC1CC1. The summed E-state index contributed by atoms with van der Waals surface area (Å²) < 4.78 is 6.62. The zero-order valence-electron chi connectivity index (χ0n) is 10.6. The van der Waals surface area contributed by atoms with E-state index in [0.29, 0.717) is 24.0 Å². The first kappa shape index (κ1) is 13.4. The molecule has 1 unspecified atom stereocenters. The van der Waals surface area contributed by atoms with Crippen LogP contribution in [0.5, 0.6) is 0 Å². The van der Waals surface area contributed by atoms with Gasteiger partial charge in [0.05, 0.1) is 24.0 Å².